The number of rotatable bonds is 6. The van der Waals surface area contributed by atoms with Crippen LogP contribution in [0.5, 0.6) is 11.5 Å². The third kappa shape index (κ3) is 4.86. The molecule has 0 heterocycles. The van der Waals surface area contributed by atoms with E-state index in [1.807, 2.05) is 6.07 Å². The molecule has 2 aromatic carbocycles. The quantitative estimate of drug-likeness (QED) is 0.501. The van der Waals surface area contributed by atoms with Gasteiger partial charge in [0.1, 0.15) is 11.5 Å². The molecule has 116 valence electrons. The molecule has 5 nitrogen and oxygen atoms in total. The van der Waals surface area contributed by atoms with Gasteiger partial charge in [-0.1, -0.05) is 19.2 Å². The van der Waals surface area contributed by atoms with Gasteiger partial charge in [0.2, 0.25) is 0 Å². The fourth-order valence-electron chi connectivity index (χ4n) is 1.73. The van der Waals surface area contributed by atoms with Gasteiger partial charge in [-0.15, -0.1) is 0 Å². The lowest BCUT2D eigenvalue weighted by Crippen LogP contribution is -2.03. The first-order valence-electron chi connectivity index (χ1n) is 6.76. The van der Waals surface area contributed by atoms with Crippen molar-refractivity contribution in [2.24, 2.45) is 0 Å². The Morgan fingerprint density at radius 1 is 0.826 bits per heavy atom. The summed E-state index contributed by atoms with van der Waals surface area (Å²) in [5.41, 5.74) is 1.53. The number of carbonyl (C=O) groups excluding carboxylic acids is 2. The second-order valence-corrected chi connectivity index (χ2v) is 4.43. The molecular weight excluding hydrogens is 294 g/mol. The van der Waals surface area contributed by atoms with Crippen molar-refractivity contribution in [2.75, 3.05) is 5.32 Å². The molecule has 0 saturated carbocycles. The number of hydrogen-bond donors (Lipinski definition) is 1. The van der Waals surface area contributed by atoms with Crippen LogP contribution < -0.4 is 14.8 Å². The zero-order chi connectivity index (χ0) is 16.7. The van der Waals surface area contributed by atoms with Crippen molar-refractivity contribution >= 4 is 23.3 Å². The topological polar surface area (TPSA) is 64.6 Å². The molecule has 0 fully saturated rings. The molecule has 0 radical (unpaired) electrons. The van der Waals surface area contributed by atoms with Crippen molar-refractivity contribution in [2.45, 2.75) is 0 Å². The van der Waals surface area contributed by atoms with Crippen molar-refractivity contribution in [1.29, 1.82) is 0 Å². The second kappa shape index (κ2) is 7.61. The van der Waals surface area contributed by atoms with Gasteiger partial charge in [-0.3, -0.25) is 0 Å². The number of benzene rings is 2. The predicted octanol–water partition coefficient (Wildman–Crippen LogP) is 3.61. The molecule has 0 saturated heterocycles. The average molecular weight is 309 g/mol. The summed E-state index contributed by atoms with van der Waals surface area (Å²) in [6.45, 7) is 6.69. The first kappa shape index (κ1) is 16.0. The standard InChI is InChI=1S/C18H15NO4/c1-3-17(20)22-15-10-8-13(9-11-15)19-14-6-5-7-16(12-14)23-18(21)4-2/h3-12,19H,1-2H2. The third-order valence-corrected chi connectivity index (χ3v) is 2.75. The molecule has 0 aromatic heterocycles. The van der Waals surface area contributed by atoms with E-state index in [0.29, 0.717) is 11.5 Å². The van der Waals surface area contributed by atoms with Crippen molar-refractivity contribution in [3.63, 3.8) is 0 Å². The van der Waals surface area contributed by atoms with Crippen LogP contribution in [0.1, 0.15) is 0 Å². The monoisotopic (exact) mass is 309 g/mol. The van der Waals surface area contributed by atoms with Gasteiger partial charge in [-0.25, -0.2) is 9.59 Å². The number of ether oxygens (including phenoxy) is 2. The van der Waals surface area contributed by atoms with Crippen molar-refractivity contribution in [1.82, 2.24) is 0 Å². The average Bonchev–Trinajstić information content (AvgIpc) is 2.56. The summed E-state index contributed by atoms with van der Waals surface area (Å²) in [6, 6.07) is 13.8. The SMILES string of the molecule is C=CC(=O)Oc1ccc(Nc2cccc(OC(=O)C=C)c2)cc1. The summed E-state index contributed by atoms with van der Waals surface area (Å²) < 4.78 is 10.0. The number of carbonyl (C=O) groups is 2. The molecule has 2 rings (SSSR count). The minimum Gasteiger partial charge on any atom is -0.423 e. The Kier molecular flexibility index (Phi) is 5.30. The minimum absolute atomic E-state index is 0.413. The summed E-state index contributed by atoms with van der Waals surface area (Å²) >= 11 is 0. The van der Waals surface area contributed by atoms with E-state index in [2.05, 4.69) is 18.5 Å². The zero-order valence-electron chi connectivity index (χ0n) is 12.3. The van der Waals surface area contributed by atoms with Crippen molar-refractivity contribution in [3.8, 4) is 11.5 Å². The van der Waals surface area contributed by atoms with E-state index in [0.717, 1.165) is 23.5 Å². The van der Waals surface area contributed by atoms with Crippen molar-refractivity contribution in [3.05, 3.63) is 73.8 Å². The summed E-state index contributed by atoms with van der Waals surface area (Å²) in [6.07, 6.45) is 2.20. The number of hydrogen-bond acceptors (Lipinski definition) is 5. The molecule has 5 heteroatoms. The van der Waals surface area contributed by atoms with Crippen LogP contribution in [0.2, 0.25) is 0 Å². The lowest BCUT2D eigenvalue weighted by Gasteiger charge is -2.09. The Morgan fingerprint density at radius 2 is 1.43 bits per heavy atom. The number of nitrogens with one attached hydrogen (secondary N) is 1. The molecule has 2 aromatic rings. The molecule has 0 bridgehead atoms. The summed E-state index contributed by atoms with van der Waals surface area (Å²) in [7, 11) is 0. The van der Waals surface area contributed by atoms with E-state index in [1.165, 1.54) is 0 Å². The highest BCUT2D eigenvalue weighted by Gasteiger charge is 2.03. The Bertz CT molecular complexity index is 735. The highest BCUT2D eigenvalue weighted by Crippen LogP contribution is 2.23. The fourth-order valence-corrected chi connectivity index (χ4v) is 1.73. The predicted molar refractivity (Wildman–Crippen MR) is 87.8 cm³/mol. The lowest BCUT2D eigenvalue weighted by atomic mass is 10.2. The van der Waals surface area contributed by atoms with Gasteiger partial charge in [0.05, 0.1) is 0 Å². The Balaban J connectivity index is 2.05. The fraction of sp³-hybridized carbons (Fsp3) is 0. The second-order valence-electron chi connectivity index (χ2n) is 4.43. The molecule has 0 spiro atoms. The highest BCUT2D eigenvalue weighted by molar-refractivity contribution is 5.84. The third-order valence-electron chi connectivity index (χ3n) is 2.75. The lowest BCUT2D eigenvalue weighted by molar-refractivity contribution is -0.129. The smallest absolute Gasteiger partial charge is 0.335 e. The largest absolute Gasteiger partial charge is 0.423 e. The van der Waals surface area contributed by atoms with Crippen LogP contribution in [-0.4, -0.2) is 11.9 Å². The number of anilines is 2. The van der Waals surface area contributed by atoms with Gasteiger partial charge in [-0.05, 0) is 36.4 Å². The molecule has 0 unspecified atom stereocenters. The molecule has 0 aliphatic rings. The molecular formula is C18H15NO4. The molecule has 0 amide bonds. The highest BCUT2D eigenvalue weighted by atomic mass is 16.5. The summed E-state index contributed by atoms with van der Waals surface area (Å²) in [4.78, 5) is 22.3. The van der Waals surface area contributed by atoms with Gasteiger partial charge in [0.15, 0.2) is 0 Å². The molecule has 0 atom stereocenters. The first-order chi connectivity index (χ1) is 11.1. The summed E-state index contributed by atoms with van der Waals surface area (Å²) in [5, 5.41) is 3.15. The maximum Gasteiger partial charge on any atom is 0.335 e. The van der Waals surface area contributed by atoms with Crippen LogP contribution in [0, 0.1) is 0 Å². The van der Waals surface area contributed by atoms with Gasteiger partial charge >= 0.3 is 11.9 Å². The van der Waals surface area contributed by atoms with Crippen molar-refractivity contribution < 1.29 is 19.1 Å². The van der Waals surface area contributed by atoms with Gasteiger partial charge < -0.3 is 14.8 Å². The van der Waals surface area contributed by atoms with Crippen LogP contribution >= 0.6 is 0 Å². The van der Waals surface area contributed by atoms with E-state index >= 15 is 0 Å². The van der Waals surface area contributed by atoms with Gasteiger partial charge in [0.25, 0.3) is 0 Å². The van der Waals surface area contributed by atoms with Crippen LogP contribution in [0.4, 0.5) is 11.4 Å². The van der Waals surface area contributed by atoms with E-state index in [1.54, 1.807) is 42.5 Å². The molecule has 0 aliphatic carbocycles. The molecule has 0 aliphatic heterocycles. The number of esters is 2. The van der Waals surface area contributed by atoms with Gasteiger partial charge in [0, 0.05) is 29.6 Å². The van der Waals surface area contributed by atoms with Crippen LogP contribution in [0.3, 0.4) is 0 Å². The Hall–Kier alpha value is -3.34. The van der Waals surface area contributed by atoms with E-state index < -0.39 is 11.9 Å². The molecule has 23 heavy (non-hydrogen) atoms. The van der Waals surface area contributed by atoms with Gasteiger partial charge in [-0.2, -0.15) is 0 Å². The van der Waals surface area contributed by atoms with E-state index in [-0.39, 0.29) is 0 Å². The first-order valence-corrected chi connectivity index (χ1v) is 6.76. The zero-order valence-corrected chi connectivity index (χ0v) is 12.3. The Labute approximate surface area is 133 Å². The normalized spacial score (nSPS) is 9.57. The summed E-state index contributed by atoms with van der Waals surface area (Å²) in [5.74, 6) is -0.191. The van der Waals surface area contributed by atoms with E-state index in [9.17, 15) is 9.59 Å². The minimum atomic E-state index is -0.518. The van der Waals surface area contributed by atoms with Crippen LogP contribution in [-0.2, 0) is 9.59 Å². The maximum absolute atomic E-state index is 11.2. The molecule has 1 N–H and O–H groups in total. The Morgan fingerprint density at radius 3 is 2.04 bits per heavy atom. The van der Waals surface area contributed by atoms with Crippen LogP contribution in [0.25, 0.3) is 0 Å². The maximum atomic E-state index is 11.2. The van der Waals surface area contributed by atoms with Crippen LogP contribution in [0.15, 0.2) is 73.8 Å². The van der Waals surface area contributed by atoms with E-state index in [4.69, 9.17) is 9.47 Å².